The number of hydrazine groups is 1. The molecule has 7 amide bonds. The largest absolute Gasteiger partial charge is 0.497 e. The molecule has 2 heterocycles. The number of hydrogen-bond donors (Lipinski definition) is 10. The number of halogens is 2. The summed E-state index contributed by atoms with van der Waals surface area (Å²) in [5, 5.41) is 12.5. The van der Waals surface area contributed by atoms with Crippen LogP contribution in [0.1, 0.15) is 48.6 Å². The third-order valence-corrected chi connectivity index (χ3v) is 11.2. The highest BCUT2D eigenvalue weighted by atomic mass is 35.5. The predicted molar refractivity (Wildman–Crippen MR) is 245 cm³/mol. The molecule has 3 aromatic carbocycles. The van der Waals surface area contributed by atoms with E-state index in [-0.39, 0.29) is 41.3 Å². The second kappa shape index (κ2) is 23.9. The molecule has 0 spiro atoms. The highest BCUT2D eigenvalue weighted by Gasteiger charge is 2.32. The van der Waals surface area contributed by atoms with Gasteiger partial charge in [-0.2, -0.15) is 0 Å². The maximum absolute atomic E-state index is 14.3. The molecular weight excluding hydrogens is 879 g/mol. The van der Waals surface area contributed by atoms with Gasteiger partial charge in [0.05, 0.1) is 36.1 Å². The number of rotatable bonds is 22. The number of methoxy groups -OCH3 is 1. The zero-order valence-corrected chi connectivity index (χ0v) is 37.4. The van der Waals surface area contributed by atoms with Gasteiger partial charge in [-0.05, 0) is 62.1 Å². The number of unbranched alkanes of at least 4 members (excludes halogenated alkanes) is 1. The fraction of sp³-hybridized carbons (Fsp3) is 0.341. The molecule has 5 rings (SSSR count). The van der Waals surface area contributed by atoms with Crippen molar-refractivity contribution in [3.63, 3.8) is 0 Å². The summed E-state index contributed by atoms with van der Waals surface area (Å²) in [6.45, 7) is 1.32. The number of hydrogen-bond acceptors (Lipinski definition) is 10. The molecule has 0 unspecified atom stereocenters. The van der Waals surface area contributed by atoms with Crippen LogP contribution in [0.3, 0.4) is 0 Å². The van der Waals surface area contributed by atoms with Crippen LogP contribution in [0.5, 0.6) is 5.75 Å². The Balaban J connectivity index is 1.39. The molecule has 2 aromatic heterocycles. The van der Waals surface area contributed by atoms with Crippen molar-refractivity contribution in [2.24, 2.45) is 17.2 Å². The van der Waals surface area contributed by atoms with E-state index in [9.17, 15) is 28.8 Å². The van der Waals surface area contributed by atoms with Gasteiger partial charge < -0.3 is 53.2 Å². The number of imidazole rings is 1. The van der Waals surface area contributed by atoms with Crippen LogP contribution in [-0.4, -0.2) is 99.4 Å². The zero-order valence-electron chi connectivity index (χ0n) is 35.9. The van der Waals surface area contributed by atoms with E-state index in [0.717, 1.165) is 15.9 Å². The van der Waals surface area contributed by atoms with Crippen molar-refractivity contribution in [3.05, 3.63) is 118 Å². The fourth-order valence-electron chi connectivity index (χ4n) is 6.85. The molecule has 19 nitrogen and oxygen atoms in total. The molecule has 0 fully saturated rings. The average Bonchev–Trinajstić information content (AvgIpc) is 3.96. The highest BCUT2D eigenvalue weighted by molar-refractivity contribution is 6.36. The molecule has 0 saturated carbocycles. The molecule has 0 saturated heterocycles. The number of nitrogens with one attached hydrogen (secondary N) is 7. The van der Waals surface area contributed by atoms with Crippen LogP contribution in [-0.2, 0) is 49.8 Å². The zero-order chi connectivity index (χ0) is 47.0. The molecule has 65 heavy (non-hydrogen) atoms. The standard InChI is InChI=1S/C44H54Cl2N12O7/c1-25(53-42(62)38(17-27-21-51-35-13-7-6-12-30(27)35)55-41(61)34(48)18-28-22-50-24-52-28)40(60)57-58(23-31-32(45)19-29(65-2)20-33(31)46)44(64)56-37(16-26-10-4-3-5-11-26)43(63)54-36(39(49)59)14-8-9-15-47/h3-7,10-13,19-22,24-25,34,36-38,51H,8-9,14-18,23,47-48H2,1-2H3,(H2,49,59)(H,50,52)(H,53,62)(H,54,63)(H,55,61)(H,56,64)(H,57,60)/t25-,34-,36-,37+,38+/m0/s1. The molecule has 346 valence electrons. The van der Waals surface area contributed by atoms with Gasteiger partial charge in [-0.15, -0.1) is 0 Å². The van der Waals surface area contributed by atoms with Gasteiger partial charge in [0, 0.05) is 53.8 Å². The first-order valence-electron chi connectivity index (χ1n) is 20.8. The summed E-state index contributed by atoms with van der Waals surface area (Å²) in [5.74, 6) is -3.40. The smallest absolute Gasteiger partial charge is 0.337 e. The van der Waals surface area contributed by atoms with Crippen LogP contribution >= 0.6 is 23.2 Å². The minimum atomic E-state index is -1.33. The first-order valence-corrected chi connectivity index (χ1v) is 21.6. The van der Waals surface area contributed by atoms with Crippen molar-refractivity contribution >= 4 is 69.7 Å². The van der Waals surface area contributed by atoms with E-state index in [1.54, 1.807) is 36.5 Å². The lowest BCUT2D eigenvalue weighted by atomic mass is 10.0. The third kappa shape index (κ3) is 14.2. The van der Waals surface area contributed by atoms with E-state index >= 15 is 0 Å². The van der Waals surface area contributed by atoms with E-state index in [1.165, 1.54) is 38.7 Å². The topological polar surface area (TPSA) is 298 Å². The summed E-state index contributed by atoms with van der Waals surface area (Å²) in [4.78, 5) is 92.1. The number of amides is 7. The van der Waals surface area contributed by atoms with Crippen LogP contribution < -0.4 is 48.6 Å². The van der Waals surface area contributed by atoms with E-state index in [2.05, 4.69) is 41.6 Å². The number of fused-ring (bicyclic) bond motifs is 1. The monoisotopic (exact) mass is 932 g/mol. The number of H-pyrrole nitrogens is 2. The molecule has 0 aliphatic heterocycles. The number of ether oxygens (including phenoxy) is 1. The number of benzene rings is 3. The summed E-state index contributed by atoms with van der Waals surface area (Å²) in [7, 11) is 1.42. The molecule has 5 atom stereocenters. The number of para-hydroxylation sites is 1. The second-order valence-corrected chi connectivity index (χ2v) is 16.1. The predicted octanol–water partition coefficient (Wildman–Crippen LogP) is 2.26. The SMILES string of the molecule is COc1cc(Cl)c(CN(NC(=O)[C@H](C)NC(=O)[C@@H](Cc2c[nH]c3ccccc23)NC(=O)[C@@H](N)Cc2cnc[nH]2)C(=O)N[C@H](Cc2ccccc2)C(=O)N[C@@H](CCCCN)C(N)=O)c(Cl)c1. The Morgan fingerprint density at radius 2 is 1.46 bits per heavy atom. The third-order valence-electron chi connectivity index (χ3n) is 10.5. The normalized spacial score (nSPS) is 13.4. The van der Waals surface area contributed by atoms with Gasteiger partial charge in [0.25, 0.3) is 5.91 Å². The molecular formula is C44H54Cl2N12O7. The van der Waals surface area contributed by atoms with E-state index < -0.39 is 72.3 Å². The number of primary amides is 1. The fourth-order valence-corrected chi connectivity index (χ4v) is 7.44. The number of carbonyl (C=O) groups excluding carboxylic acids is 6. The Morgan fingerprint density at radius 3 is 2.12 bits per heavy atom. The average molecular weight is 934 g/mol. The lowest BCUT2D eigenvalue weighted by Crippen LogP contribution is -2.60. The summed E-state index contributed by atoms with van der Waals surface area (Å²) < 4.78 is 5.27. The van der Waals surface area contributed by atoms with Crippen LogP contribution in [0.15, 0.2) is 85.5 Å². The van der Waals surface area contributed by atoms with Crippen LogP contribution in [0, 0.1) is 0 Å². The Bertz CT molecular complexity index is 2390. The van der Waals surface area contributed by atoms with Crippen molar-refractivity contribution in [1.82, 2.24) is 46.7 Å². The first-order chi connectivity index (χ1) is 31.2. The number of aromatic amines is 2. The summed E-state index contributed by atoms with van der Waals surface area (Å²) in [5.41, 5.74) is 23.0. The Hall–Kier alpha value is -6.67. The number of aromatic nitrogens is 3. The second-order valence-electron chi connectivity index (χ2n) is 15.3. The van der Waals surface area contributed by atoms with E-state index in [0.29, 0.717) is 42.0 Å². The van der Waals surface area contributed by atoms with Gasteiger partial charge in [0.15, 0.2) is 0 Å². The maximum Gasteiger partial charge on any atom is 0.337 e. The van der Waals surface area contributed by atoms with Crippen molar-refractivity contribution < 1.29 is 33.5 Å². The summed E-state index contributed by atoms with van der Waals surface area (Å²) >= 11 is 13.2. The quantitative estimate of drug-likeness (QED) is 0.0357. The van der Waals surface area contributed by atoms with Gasteiger partial charge in [0.1, 0.15) is 29.9 Å². The van der Waals surface area contributed by atoms with Gasteiger partial charge in [-0.25, -0.2) is 14.8 Å². The van der Waals surface area contributed by atoms with Crippen LogP contribution in [0.25, 0.3) is 10.9 Å². The van der Waals surface area contributed by atoms with Gasteiger partial charge in [0.2, 0.25) is 23.6 Å². The molecule has 13 N–H and O–H groups in total. The molecule has 0 aliphatic carbocycles. The van der Waals surface area contributed by atoms with Crippen molar-refractivity contribution in [2.45, 2.75) is 82.2 Å². The van der Waals surface area contributed by atoms with Crippen LogP contribution in [0.2, 0.25) is 10.0 Å². The van der Waals surface area contributed by atoms with E-state index in [4.69, 9.17) is 45.1 Å². The number of urea groups is 1. The van der Waals surface area contributed by atoms with Gasteiger partial charge >= 0.3 is 6.03 Å². The Kier molecular flexibility index (Phi) is 18.1. The molecule has 0 radical (unpaired) electrons. The number of nitrogens with zero attached hydrogens (tertiary/aromatic N) is 2. The lowest BCUT2D eigenvalue weighted by molar-refractivity contribution is -0.133. The molecule has 5 aromatic rings. The highest BCUT2D eigenvalue weighted by Crippen LogP contribution is 2.31. The minimum Gasteiger partial charge on any atom is -0.497 e. The van der Waals surface area contributed by atoms with Crippen molar-refractivity contribution in [3.8, 4) is 5.75 Å². The number of carbonyl (C=O) groups is 6. The van der Waals surface area contributed by atoms with Crippen molar-refractivity contribution in [1.29, 1.82) is 0 Å². The van der Waals surface area contributed by atoms with Crippen LogP contribution in [0.4, 0.5) is 4.79 Å². The Morgan fingerprint density at radius 1 is 0.800 bits per heavy atom. The Labute approximate surface area is 385 Å². The molecule has 0 bridgehead atoms. The maximum atomic E-state index is 14.3. The van der Waals surface area contributed by atoms with Gasteiger partial charge in [-0.1, -0.05) is 71.7 Å². The molecule has 21 heteroatoms. The summed E-state index contributed by atoms with van der Waals surface area (Å²) in [6.07, 6.45) is 6.14. The van der Waals surface area contributed by atoms with E-state index in [1.807, 2.05) is 24.3 Å². The van der Waals surface area contributed by atoms with Crippen molar-refractivity contribution in [2.75, 3.05) is 13.7 Å². The van der Waals surface area contributed by atoms with Gasteiger partial charge in [-0.3, -0.25) is 29.4 Å². The number of nitrogens with two attached hydrogens (primary N) is 3. The summed E-state index contributed by atoms with van der Waals surface area (Å²) in [6, 6.07) is 12.2. The lowest BCUT2D eigenvalue weighted by Gasteiger charge is -2.29. The first kappa shape index (κ1) is 49.3. The molecule has 0 aliphatic rings. The minimum absolute atomic E-state index is 0.0181.